The van der Waals surface area contributed by atoms with Crippen LogP contribution < -0.4 is 0 Å². The average molecular weight is 341 g/mol. The van der Waals surface area contributed by atoms with Gasteiger partial charge in [-0.25, -0.2) is 0 Å². The third-order valence-corrected chi connectivity index (χ3v) is 3.10. The van der Waals surface area contributed by atoms with Gasteiger partial charge in [0.25, 0.3) is 0 Å². The van der Waals surface area contributed by atoms with Crippen molar-refractivity contribution in [2.75, 3.05) is 6.61 Å². The molecule has 0 aliphatic rings. The van der Waals surface area contributed by atoms with Gasteiger partial charge in [-0.15, -0.1) is 0 Å². The van der Waals surface area contributed by atoms with Gasteiger partial charge in [-0.05, 0) is 25.2 Å². The standard InChI is InChI=1S/2C10H18O2/c1-3-4-5-6-7-9(2)8-10(11)12;1-3-5-6-7-9-12-10(11)8-4-2/h6-7,9H,3-5,8H2,1-2H3,(H,11,12);6-7H,3-5,8-9H2,1-2H3/b2*7-6+. The summed E-state index contributed by atoms with van der Waals surface area (Å²) in [7, 11) is 0. The molecular formula is C20H36O4. The van der Waals surface area contributed by atoms with Gasteiger partial charge in [-0.3, -0.25) is 9.59 Å². The number of unbranched alkanes of at least 4 members (excludes halogenated alkanes) is 3. The van der Waals surface area contributed by atoms with Gasteiger partial charge in [0.05, 0.1) is 6.42 Å². The number of esters is 1. The summed E-state index contributed by atoms with van der Waals surface area (Å²) in [5.41, 5.74) is 0. The maximum atomic E-state index is 10.8. The molecule has 4 heteroatoms. The third kappa shape index (κ3) is 22.7. The first-order valence-corrected chi connectivity index (χ1v) is 9.16. The summed E-state index contributed by atoms with van der Waals surface area (Å²) in [6.07, 6.45) is 15.3. The highest BCUT2D eigenvalue weighted by Crippen LogP contribution is 2.05. The lowest BCUT2D eigenvalue weighted by Gasteiger charge is -1.99. The number of hydrogen-bond donors (Lipinski definition) is 1. The van der Waals surface area contributed by atoms with Crippen LogP contribution >= 0.6 is 0 Å². The van der Waals surface area contributed by atoms with Gasteiger partial charge in [0.1, 0.15) is 6.61 Å². The van der Waals surface area contributed by atoms with Crippen LogP contribution in [0.5, 0.6) is 0 Å². The summed E-state index contributed by atoms with van der Waals surface area (Å²) >= 11 is 0. The van der Waals surface area contributed by atoms with Crippen LogP contribution in [0.15, 0.2) is 24.3 Å². The Hall–Kier alpha value is -1.58. The van der Waals surface area contributed by atoms with E-state index in [1.807, 2.05) is 32.1 Å². The Morgan fingerprint density at radius 3 is 2.25 bits per heavy atom. The second kappa shape index (κ2) is 19.5. The van der Waals surface area contributed by atoms with Crippen molar-refractivity contribution in [3.8, 4) is 0 Å². The predicted molar refractivity (Wildman–Crippen MR) is 100.0 cm³/mol. The first kappa shape index (κ1) is 24.7. The van der Waals surface area contributed by atoms with Crippen molar-refractivity contribution in [3.05, 3.63) is 24.3 Å². The van der Waals surface area contributed by atoms with Crippen molar-refractivity contribution >= 4 is 11.9 Å². The van der Waals surface area contributed by atoms with Crippen LogP contribution in [0.2, 0.25) is 0 Å². The lowest BCUT2D eigenvalue weighted by Crippen LogP contribution is -2.02. The van der Waals surface area contributed by atoms with Gasteiger partial charge in [-0.1, -0.05) is 71.3 Å². The molecular weight excluding hydrogens is 304 g/mol. The van der Waals surface area contributed by atoms with E-state index in [9.17, 15) is 9.59 Å². The SMILES string of the molecule is CCC/C=C/COC(=O)CCC.CCCC/C=C/C(C)CC(=O)O. The fraction of sp³-hybridized carbons (Fsp3) is 0.700. The predicted octanol–water partition coefficient (Wildman–Crippen LogP) is 5.53. The van der Waals surface area contributed by atoms with Crippen LogP contribution in [0.1, 0.15) is 79.1 Å². The summed E-state index contributed by atoms with van der Waals surface area (Å²) in [5.74, 6) is -0.652. The second-order valence-electron chi connectivity index (χ2n) is 5.84. The zero-order chi connectivity index (χ0) is 18.6. The molecule has 1 unspecified atom stereocenters. The van der Waals surface area contributed by atoms with E-state index >= 15 is 0 Å². The van der Waals surface area contributed by atoms with E-state index in [2.05, 4.69) is 19.9 Å². The molecule has 0 amide bonds. The molecule has 1 N–H and O–H groups in total. The van der Waals surface area contributed by atoms with Crippen LogP contribution in [-0.2, 0) is 14.3 Å². The van der Waals surface area contributed by atoms with Crippen LogP contribution in [0, 0.1) is 5.92 Å². The fourth-order valence-electron chi connectivity index (χ4n) is 1.76. The molecule has 24 heavy (non-hydrogen) atoms. The molecule has 0 aliphatic carbocycles. The number of carboxylic acids is 1. The normalized spacial score (nSPS) is 12.0. The fourth-order valence-corrected chi connectivity index (χ4v) is 1.76. The summed E-state index contributed by atoms with van der Waals surface area (Å²) < 4.78 is 4.90. The van der Waals surface area contributed by atoms with Crippen molar-refractivity contribution in [1.82, 2.24) is 0 Å². The number of ether oxygens (including phenoxy) is 1. The van der Waals surface area contributed by atoms with Crippen molar-refractivity contribution in [2.24, 2.45) is 5.92 Å². The molecule has 1 atom stereocenters. The van der Waals surface area contributed by atoms with Crippen molar-refractivity contribution in [2.45, 2.75) is 79.1 Å². The summed E-state index contributed by atoms with van der Waals surface area (Å²) in [6.45, 7) is 8.59. The van der Waals surface area contributed by atoms with E-state index in [1.54, 1.807) is 0 Å². The molecule has 0 aromatic carbocycles. The largest absolute Gasteiger partial charge is 0.481 e. The molecule has 0 bridgehead atoms. The number of allylic oxidation sites excluding steroid dienone is 3. The topological polar surface area (TPSA) is 63.6 Å². The van der Waals surface area contributed by atoms with Gasteiger partial charge >= 0.3 is 11.9 Å². The molecule has 0 radical (unpaired) electrons. The quantitative estimate of drug-likeness (QED) is 0.288. The first-order valence-electron chi connectivity index (χ1n) is 9.16. The molecule has 0 fully saturated rings. The lowest BCUT2D eigenvalue weighted by molar-refractivity contribution is -0.142. The summed E-state index contributed by atoms with van der Waals surface area (Å²) in [5, 5.41) is 8.45. The van der Waals surface area contributed by atoms with Crippen LogP contribution in [-0.4, -0.2) is 23.7 Å². The Labute approximate surface area is 148 Å². The van der Waals surface area contributed by atoms with Gasteiger partial charge in [0.2, 0.25) is 0 Å². The minimum Gasteiger partial charge on any atom is -0.481 e. The maximum absolute atomic E-state index is 10.8. The molecule has 0 saturated carbocycles. The van der Waals surface area contributed by atoms with Crippen LogP contribution in [0.3, 0.4) is 0 Å². The minimum absolute atomic E-state index is 0.0985. The molecule has 0 aromatic rings. The van der Waals surface area contributed by atoms with Crippen molar-refractivity contribution in [1.29, 1.82) is 0 Å². The molecule has 0 saturated heterocycles. The Balaban J connectivity index is 0. The van der Waals surface area contributed by atoms with E-state index in [-0.39, 0.29) is 18.3 Å². The number of rotatable bonds is 12. The lowest BCUT2D eigenvalue weighted by atomic mass is 10.1. The maximum Gasteiger partial charge on any atom is 0.306 e. The Kier molecular flexibility index (Phi) is 20.0. The molecule has 140 valence electrons. The minimum atomic E-state index is -0.720. The van der Waals surface area contributed by atoms with E-state index in [1.165, 1.54) is 12.8 Å². The highest BCUT2D eigenvalue weighted by atomic mass is 16.5. The molecule has 0 spiro atoms. The van der Waals surface area contributed by atoms with Gasteiger partial charge in [0, 0.05) is 6.42 Å². The zero-order valence-electron chi connectivity index (χ0n) is 15.9. The molecule has 0 aliphatic heterocycles. The van der Waals surface area contributed by atoms with Crippen LogP contribution in [0.25, 0.3) is 0 Å². The summed E-state index contributed by atoms with van der Waals surface area (Å²) in [6, 6.07) is 0. The van der Waals surface area contributed by atoms with Gasteiger partial charge in [0.15, 0.2) is 0 Å². The van der Waals surface area contributed by atoms with Gasteiger partial charge < -0.3 is 9.84 Å². The smallest absolute Gasteiger partial charge is 0.306 e. The number of hydrogen-bond acceptors (Lipinski definition) is 3. The zero-order valence-corrected chi connectivity index (χ0v) is 15.9. The van der Waals surface area contributed by atoms with E-state index < -0.39 is 5.97 Å². The van der Waals surface area contributed by atoms with Gasteiger partial charge in [-0.2, -0.15) is 0 Å². The number of aliphatic carboxylic acids is 1. The summed E-state index contributed by atoms with van der Waals surface area (Å²) in [4.78, 5) is 21.1. The third-order valence-electron chi connectivity index (χ3n) is 3.10. The number of carbonyl (C=O) groups is 2. The van der Waals surface area contributed by atoms with Crippen LogP contribution in [0.4, 0.5) is 0 Å². The monoisotopic (exact) mass is 340 g/mol. The van der Waals surface area contributed by atoms with Crippen molar-refractivity contribution < 1.29 is 19.4 Å². The first-order chi connectivity index (χ1) is 11.5. The number of carbonyl (C=O) groups excluding carboxylic acids is 1. The van der Waals surface area contributed by atoms with E-state index in [0.29, 0.717) is 13.0 Å². The Morgan fingerprint density at radius 2 is 1.71 bits per heavy atom. The molecule has 0 rings (SSSR count). The van der Waals surface area contributed by atoms with E-state index in [0.717, 1.165) is 25.7 Å². The number of carboxylic acid groups (broad SMARTS) is 1. The highest BCUT2D eigenvalue weighted by Gasteiger charge is 2.02. The second-order valence-corrected chi connectivity index (χ2v) is 5.84. The molecule has 0 heterocycles. The molecule has 0 aromatic heterocycles. The molecule has 4 nitrogen and oxygen atoms in total. The van der Waals surface area contributed by atoms with Crippen molar-refractivity contribution in [3.63, 3.8) is 0 Å². The average Bonchev–Trinajstić information content (AvgIpc) is 2.52. The Bertz CT molecular complexity index is 359. The highest BCUT2D eigenvalue weighted by molar-refractivity contribution is 5.69. The Morgan fingerprint density at radius 1 is 1.00 bits per heavy atom. The van der Waals surface area contributed by atoms with E-state index in [4.69, 9.17) is 9.84 Å².